The summed E-state index contributed by atoms with van der Waals surface area (Å²) in [7, 11) is 0. The number of ether oxygens (including phenoxy) is 1. The van der Waals surface area contributed by atoms with Gasteiger partial charge in [-0.25, -0.2) is 14.5 Å². The fourth-order valence-corrected chi connectivity index (χ4v) is 4.98. The average Bonchev–Trinajstić information content (AvgIpc) is 3.49. The number of carbonyl (C=O) groups excluding carboxylic acids is 2. The molecule has 0 saturated carbocycles. The molecule has 32 heavy (non-hydrogen) atoms. The van der Waals surface area contributed by atoms with E-state index in [1.165, 1.54) is 11.3 Å². The van der Waals surface area contributed by atoms with Gasteiger partial charge in [0, 0.05) is 0 Å². The minimum Gasteiger partial charge on any atom is -0.451 e. The molecule has 1 N–H and O–H groups in total. The number of thiazole rings is 1. The molecule has 9 heteroatoms. The third-order valence-corrected chi connectivity index (χ3v) is 7.06. The Balaban J connectivity index is 1.41. The van der Waals surface area contributed by atoms with Gasteiger partial charge in [0.25, 0.3) is 5.91 Å². The van der Waals surface area contributed by atoms with Crippen LogP contribution in [0.5, 0.6) is 0 Å². The van der Waals surface area contributed by atoms with Crippen LogP contribution in [0.3, 0.4) is 0 Å². The summed E-state index contributed by atoms with van der Waals surface area (Å²) >= 11 is 2.82. The van der Waals surface area contributed by atoms with Crippen LogP contribution in [-0.4, -0.2) is 33.2 Å². The maximum atomic E-state index is 12.5. The quantitative estimate of drug-likeness (QED) is 0.400. The van der Waals surface area contributed by atoms with E-state index in [9.17, 15) is 9.59 Å². The average molecular weight is 467 g/mol. The molecule has 7 nitrogen and oxygen atoms in total. The maximum absolute atomic E-state index is 12.5. The highest BCUT2D eigenvalue weighted by molar-refractivity contribution is 7.22. The zero-order chi connectivity index (χ0) is 22.8. The molecular weight excluding hydrogens is 444 g/mol. The van der Waals surface area contributed by atoms with Crippen molar-refractivity contribution in [3.05, 3.63) is 69.3 Å². The van der Waals surface area contributed by atoms with Crippen molar-refractivity contribution in [2.75, 3.05) is 11.9 Å². The van der Waals surface area contributed by atoms with E-state index in [1.807, 2.05) is 62.5 Å². The number of esters is 1. The van der Waals surface area contributed by atoms with Crippen LogP contribution in [-0.2, 0) is 9.53 Å². The van der Waals surface area contributed by atoms with Crippen molar-refractivity contribution in [1.29, 1.82) is 0 Å². The number of anilines is 1. The Morgan fingerprint density at radius 3 is 2.50 bits per heavy atom. The molecule has 4 aromatic rings. The number of aryl methyl sites for hydroxylation is 3. The van der Waals surface area contributed by atoms with E-state index in [2.05, 4.69) is 15.4 Å². The van der Waals surface area contributed by atoms with Crippen LogP contribution in [0.1, 0.15) is 32.3 Å². The number of nitrogens with zero attached hydrogens (tertiary/aromatic N) is 3. The van der Waals surface area contributed by atoms with Gasteiger partial charge in [-0.2, -0.15) is 5.10 Å². The van der Waals surface area contributed by atoms with Crippen LogP contribution in [0, 0.1) is 27.7 Å². The molecule has 0 spiro atoms. The molecular formula is C23H22N4O3S2. The summed E-state index contributed by atoms with van der Waals surface area (Å²) in [6.07, 6.45) is 0. The molecule has 0 aliphatic rings. The first-order chi connectivity index (χ1) is 15.3. The molecule has 164 valence electrons. The SMILES string of the molecule is Cc1ccc(-n2nc(C)c(NC(=O)COC(=O)c3sc(-c4cccs4)nc3C)c2C)cc1. The Morgan fingerprint density at radius 2 is 1.81 bits per heavy atom. The molecule has 0 bridgehead atoms. The normalized spacial score (nSPS) is 10.9. The van der Waals surface area contributed by atoms with Crippen molar-refractivity contribution < 1.29 is 14.3 Å². The monoisotopic (exact) mass is 466 g/mol. The Kier molecular flexibility index (Phi) is 6.20. The fraction of sp³-hybridized carbons (Fsp3) is 0.217. The van der Waals surface area contributed by atoms with Gasteiger partial charge in [-0.1, -0.05) is 23.8 Å². The maximum Gasteiger partial charge on any atom is 0.350 e. The number of nitrogens with one attached hydrogen (secondary N) is 1. The minimum absolute atomic E-state index is 0.390. The van der Waals surface area contributed by atoms with Gasteiger partial charge in [-0.05, 0) is 51.3 Å². The van der Waals surface area contributed by atoms with Gasteiger partial charge in [-0.15, -0.1) is 22.7 Å². The zero-order valence-electron chi connectivity index (χ0n) is 18.1. The lowest BCUT2D eigenvalue weighted by molar-refractivity contribution is -0.119. The van der Waals surface area contributed by atoms with Crippen LogP contribution in [0.4, 0.5) is 5.69 Å². The number of thiophene rings is 1. The highest BCUT2D eigenvalue weighted by Gasteiger charge is 2.20. The van der Waals surface area contributed by atoms with Gasteiger partial charge in [0.05, 0.1) is 33.3 Å². The number of hydrogen-bond acceptors (Lipinski definition) is 7. The zero-order valence-corrected chi connectivity index (χ0v) is 19.8. The molecule has 0 fully saturated rings. The van der Waals surface area contributed by atoms with E-state index in [-0.39, 0.29) is 6.61 Å². The molecule has 3 aromatic heterocycles. The topological polar surface area (TPSA) is 86.1 Å². The van der Waals surface area contributed by atoms with Crippen molar-refractivity contribution >= 4 is 40.2 Å². The second-order valence-corrected chi connectivity index (χ2v) is 9.28. The number of hydrogen-bond donors (Lipinski definition) is 1. The summed E-state index contributed by atoms with van der Waals surface area (Å²) in [6, 6.07) is 11.9. The first-order valence-corrected chi connectivity index (χ1v) is 11.6. The van der Waals surface area contributed by atoms with Crippen LogP contribution < -0.4 is 5.32 Å². The molecule has 0 aliphatic carbocycles. The van der Waals surface area contributed by atoms with E-state index < -0.39 is 11.9 Å². The van der Waals surface area contributed by atoms with Gasteiger partial charge < -0.3 is 10.1 Å². The molecule has 1 aromatic carbocycles. The van der Waals surface area contributed by atoms with Crippen molar-refractivity contribution in [3.63, 3.8) is 0 Å². The van der Waals surface area contributed by atoms with E-state index in [1.54, 1.807) is 22.9 Å². The fourth-order valence-electron chi connectivity index (χ4n) is 3.22. The first kappa shape index (κ1) is 21.9. The predicted octanol–water partition coefficient (Wildman–Crippen LogP) is 5.09. The van der Waals surface area contributed by atoms with E-state index in [0.717, 1.165) is 26.8 Å². The molecule has 0 atom stereocenters. The molecule has 0 radical (unpaired) electrons. The number of carbonyl (C=O) groups is 2. The third-order valence-electron chi connectivity index (χ3n) is 4.88. The van der Waals surface area contributed by atoms with Crippen molar-refractivity contribution in [2.45, 2.75) is 27.7 Å². The lowest BCUT2D eigenvalue weighted by Crippen LogP contribution is -2.21. The molecule has 0 aliphatic heterocycles. The summed E-state index contributed by atoms with van der Waals surface area (Å²) in [5.41, 5.74) is 4.75. The second kappa shape index (κ2) is 9.05. The summed E-state index contributed by atoms with van der Waals surface area (Å²) in [4.78, 5) is 30.8. The minimum atomic E-state index is -0.554. The van der Waals surface area contributed by atoms with Gasteiger partial charge in [0.2, 0.25) is 0 Å². The van der Waals surface area contributed by atoms with E-state index in [0.29, 0.717) is 22.0 Å². The third kappa shape index (κ3) is 4.49. The Morgan fingerprint density at radius 1 is 1.06 bits per heavy atom. The summed E-state index contributed by atoms with van der Waals surface area (Å²) in [6.45, 7) is 7.10. The number of amides is 1. The lowest BCUT2D eigenvalue weighted by atomic mass is 10.2. The molecule has 0 unspecified atom stereocenters. The Hall–Kier alpha value is -3.30. The standard InChI is InChI=1S/C23H22N4O3S2/c1-13-7-9-17(10-8-13)27-16(4)20(14(2)26-27)25-19(28)12-30-23(29)21-15(3)24-22(32-21)18-6-5-11-31-18/h5-11H,12H2,1-4H3,(H,25,28). The molecule has 1 amide bonds. The highest BCUT2D eigenvalue weighted by Crippen LogP contribution is 2.31. The van der Waals surface area contributed by atoms with Gasteiger partial charge in [0.1, 0.15) is 9.88 Å². The summed E-state index contributed by atoms with van der Waals surface area (Å²) in [5, 5.41) is 10.1. The van der Waals surface area contributed by atoms with E-state index >= 15 is 0 Å². The van der Waals surface area contributed by atoms with Crippen LogP contribution in [0.25, 0.3) is 15.6 Å². The summed E-state index contributed by atoms with van der Waals surface area (Å²) < 4.78 is 7.03. The van der Waals surface area contributed by atoms with Crippen molar-refractivity contribution in [3.8, 4) is 15.6 Å². The van der Waals surface area contributed by atoms with Crippen molar-refractivity contribution in [1.82, 2.24) is 14.8 Å². The van der Waals surface area contributed by atoms with Gasteiger partial charge in [-0.3, -0.25) is 4.79 Å². The van der Waals surface area contributed by atoms with Crippen LogP contribution >= 0.6 is 22.7 Å². The van der Waals surface area contributed by atoms with E-state index in [4.69, 9.17) is 4.74 Å². The molecule has 3 heterocycles. The smallest absolute Gasteiger partial charge is 0.350 e. The predicted molar refractivity (Wildman–Crippen MR) is 127 cm³/mol. The summed E-state index contributed by atoms with van der Waals surface area (Å²) in [5.74, 6) is -0.976. The van der Waals surface area contributed by atoms with Gasteiger partial charge in [0.15, 0.2) is 6.61 Å². The van der Waals surface area contributed by atoms with Crippen LogP contribution in [0.2, 0.25) is 0 Å². The second-order valence-electron chi connectivity index (χ2n) is 7.33. The van der Waals surface area contributed by atoms with Gasteiger partial charge >= 0.3 is 5.97 Å². The Labute approximate surface area is 193 Å². The highest BCUT2D eigenvalue weighted by atomic mass is 32.1. The van der Waals surface area contributed by atoms with Crippen molar-refractivity contribution in [2.24, 2.45) is 0 Å². The number of benzene rings is 1. The number of aromatic nitrogens is 3. The lowest BCUT2D eigenvalue weighted by Gasteiger charge is -2.08. The first-order valence-electron chi connectivity index (χ1n) is 9.95. The largest absolute Gasteiger partial charge is 0.451 e. The molecule has 0 saturated heterocycles. The number of rotatable bonds is 6. The molecule has 4 rings (SSSR count). The van der Waals surface area contributed by atoms with Crippen LogP contribution in [0.15, 0.2) is 41.8 Å². The Bertz CT molecular complexity index is 1270.